The third kappa shape index (κ3) is 3.99. The van der Waals surface area contributed by atoms with E-state index in [1.165, 1.54) is 48.9 Å². The van der Waals surface area contributed by atoms with Crippen molar-refractivity contribution in [2.45, 2.75) is 69.3 Å². The number of Topliss-reactive ketones (excluding diaryl/α,β-unsaturated/α-hetero) is 1. The summed E-state index contributed by atoms with van der Waals surface area (Å²) in [6, 6.07) is 4.29. The molecule has 0 radical (unpaired) electrons. The average Bonchev–Trinajstić information content (AvgIpc) is 3.33. The van der Waals surface area contributed by atoms with Crippen molar-refractivity contribution in [1.82, 2.24) is 4.31 Å². The van der Waals surface area contributed by atoms with Crippen LogP contribution >= 0.6 is 0 Å². The minimum absolute atomic E-state index is 0.0355. The van der Waals surface area contributed by atoms with Crippen LogP contribution in [0.3, 0.4) is 0 Å². The maximum absolute atomic E-state index is 13.5. The van der Waals surface area contributed by atoms with Gasteiger partial charge in [0.25, 0.3) is 0 Å². The zero-order valence-electron chi connectivity index (χ0n) is 19.4. The fourth-order valence-corrected chi connectivity index (χ4v) is 8.90. The Kier molecular flexibility index (Phi) is 5.80. The molecule has 1 aromatic carbocycles. The van der Waals surface area contributed by atoms with Gasteiger partial charge in [0.1, 0.15) is 10.6 Å². The van der Waals surface area contributed by atoms with Crippen molar-refractivity contribution in [3.8, 4) is 5.75 Å². The minimum Gasteiger partial charge on any atom is -0.495 e. The Balaban J connectivity index is 1.34. The van der Waals surface area contributed by atoms with E-state index in [-0.39, 0.29) is 27.4 Å². The van der Waals surface area contributed by atoms with E-state index in [4.69, 9.17) is 9.47 Å². The van der Waals surface area contributed by atoms with Gasteiger partial charge in [0, 0.05) is 18.5 Å². The molecule has 5 fully saturated rings. The van der Waals surface area contributed by atoms with E-state index < -0.39 is 22.1 Å². The number of carbonyl (C=O) groups excluding carboxylic acids is 2. The largest absolute Gasteiger partial charge is 0.495 e. The number of nitrogens with zero attached hydrogens (tertiary/aromatic N) is 1. The maximum atomic E-state index is 13.5. The summed E-state index contributed by atoms with van der Waals surface area (Å²) < 4.78 is 38.5. The SMILES string of the molecule is COc1ccc(C(=O)OC(C)C(=O)C23CC4CC(CC(C4)C2)C3)cc1S(=O)(=O)N1CCCC1. The van der Waals surface area contributed by atoms with Crippen LogP contribution in [0.25, 0.3) is 0 Å². The summed E-state index contributed by atoms with van der Waals surface area (Å²) >= 11 is 0. The van der Waals surface area contributed by atoms with Gasteiger partial charge in [-0.3, -0.25) is 4.79 Å². The van der Waals surface area contributed by atoms with Crippen molar-refractivity contribution < 1.29 is 27.5 Å². The fourth-order valence-electron chi connectivity index (χ4n) is 7.20. The van der Waals surface area contributed by atoms with Crippen LogP contribution in [0.15, 0.2) is 23.1 Å². The first-order valence-corrected chi connectivity index (χ1v) is 13.6. The number of ether oxygens (including phenoxy) is 2. The summed E-state index contributed by atoms with van der Waals surface area (Å²) in [4.78, 5) is 26.4. The predicted molar refractivity (Wildman–Crippen MR) is 121 cm³/mol. The lowest BCUT2D eigenvalue weighted by atomic mass is 9.48. The molecule has 1 atom stereocenters. The van der Waals surface area contributed by atoms with Gasteiger partial charge in [-0.05, 0) is 94.2 Å². The molecule has 33 heavy (non-hydrogen) atoms. The quantitative estimate of drug-likeness (QED) is 0.557. The number of carbonyl (C=O) groups is 2. The van der Waals surface area contributed by atoms with Gasteiger partial charge >= 0.3 is 5.97 Å². The third-order valence-corrected chi connectivity index (χ3v) is 10.2. The van der Waals surface area contributed by atoms with Crippen molar-refractivity contribution in [2.24, 2.45) is 23.2 Å². The molecular weight excluding hydrogens is 442 g/mol. The summed E-state index contributed by atoms with van der Waals surface area (Å²) in [6.07, 6.45) is 7.24. The van der Waals surface area contributed by atoms with Crippen LogP contribution in [0.5, 0.6) is 5.75 Å². The van der Waals surface area contributed by atoms with Crippen LogP contribution in [-0.4, -0.2) is 50.8 Å². The van der Waals surface area contributed by atoms with Crippen molar-refractivity contribution in [3.05, 3.63) is 23.8 Å². The molecule has 1 aromatic rings. The van der Waals surface area contributed by atoms with Gasteiger partial charge < -0.3 is 9.47 Å². The molecule has 5 aliphatic rings. The third-order valence-electron chi connectivity index (χ3n) is 8.30. The Bertz CT molecular complexity index is 1020. The van der Waals surface area contributed by atoms with Gasteiger partial charge in [0.15, 0.2) is 11.9 Å². The smallest absolute Gasteiger partial charge is 0.338 e. The Labute approximate surface area is 195 Å². The first-order chi connectivity index (χ1) is 15.7. The highest BCUT2D eigenvalue weighted by molar-refractivity contribution is 7.89. The average molecular weight is 476 g/mol. The summed E-state index contributed by atoms with van der Waals surface area (Å²) in [5.74, 6) is 1.43. The monoisotopic (exact) mass is 475 g/mol. The van der Waals surface area contributed by atoms with Crippen LogP contribution in [0, 0.1) is 23.2 Å². The number of methoxy groups -OCH3 is 1. The molecule has 6 rings (SSSR count). The number of benzene rings is 1. The van der Waals surface area contributed by atoms with E-state index in [1.807, 2.05) is 0 Å². The normalized spacial score (nSPS) is 32.0. The highest BCUT2D eigenvalue weighted by Crippen LogP contribution is 2.60. The topological polar surface area (TPSA) is 90.0 Å². The van der Waals surface area contributed by atoms with Crippen molar-refractivity contribution in [2.75, 3.05) is 20.2 Å². The second-order valence-corrected chi connectivity index (χ2v) is 12.5. The summed E-state index contributed by atoms with van der Waals surface area (Å²) in [5, 5.41) is 0. The molecule has 0 aromatic heterocycles. The lowest BCUT2D eigenvalue weighted by molar-refractivity contribution is -0.152. The first kappa shape index (κ1) is 22.8. The van der Waals surface area contributed by atoms with Gasteiger partial charge in [-0.2, -0.15) is 4.31 Å². The van der Waals surface area contributed by atoms with Gasteiger partial charge in [-0.1, -0.05) is 0 Å². The molecule has 8 heteroatoms. The molecule has 4 aliphatic carbocycles. The summed E-state index contributed by atoms with van der Waals surface area (Å²) in [7, 11) is -2.37. The van der Waals surface area contributed by atoms with E-state index in [9.17, 15) is 18.0 Å². The Hall–Kier alpha value is -1.93. The van der Waals surface area contributed by atoms with Gasteiger partial charge in [-0.15, -0.1) is 0 Å². The van der Waals surface area contributed by atoms with E-state index in [0.717, 1.165) is 32.1 Å². The van der Waals surface area contributed by atoms with Crippen LogP contribution in [-0.2, 0) is 19.6 Å². The molecule has 7 nitrogen and oxygen atoms in total. The molecule has 1 aliphatic heterocycles. The highest BCUT2D eigenvalue weighted by Gasteiger charge is 2.55. The molecule has 0 spiro atoms. The standard InChI is InChI=1S/C25H33NO6S/c1-16(23(27)25-13-17-9-18(14-25)11-19(10-17)15-25)32-24(28)20-5-6-21(31-2)22(12-20)33(29,30)26-7-3-4-8-26/h5-6,12,16-19H,3-4,7-11,13-15H2,1-2H3. The Morgan fingerprint density at radius 2 is 1.61 bits per heavy atom. The number of hydrogen-bond acceptors (Lipinski definition) is 6. The lowest BCUT2D eigenvalue weighted by Gasteiger charge is -2.56. The van der Waals surface area contributed by atoms with Gasteiger partial charge in [0.05, 0.1) is 12.7 Å². The van der Waals surface area contributed by atoms with Crippen LogP contribution in [0.2, 0.25) is 0 Å². The van der Waals surface area contributed by atoms with E-state index >= 15 is 0 Å². The van der Waals surface area contributed by atoms with E-state index in [0.29, 0.717) is 30.8 Å². The zero-order valence-corrected chi connectivity index (χ0v) is 20.2. The molecule has 1 unspecified atom stereocenters. The molecule has 1 saturated heterocycles. The van der Waals surface area contributed by atoms with Crippen LogP contribution in [0.1, 0.15) is 68.6 Å². The molecule has 4 saturated carbocycles. The Morgan fingerprint density at radius 1 is 1.03 bits per heavy atom. The first-order valence-electron chi connectivity index (χ1n) is 12.2. The summed E-state index contributed by atoms with van der Waals surface area (Å²) in [5.41, 5.74) is -0.239. The lowest BCUT2D eigenvalue weighted by Crippen LogP contribution is -2.52. The molecular formula is C25H33NO6S. The van der Waals surface area contributed by atoms with Crippen LogP contribution < -0.4 is 4.74 Å². The fraction of sp³-hybridized carbons (Fsp3) is 0.680. The molecule has 0 N–H and O–H groups in total. The van der Waals surface area contributed by atoms with Crippen molar-refractivity contribution in [1.29, 1.82) is 0 Å². The van der Waals surface area contributed by atoms with E-state index in [1.54, 1.807) is 6.92 Å². The maximum Gasteiger partial charge on any atom is 0.338 e. The van der Waals surface area contributed by atoms with Crippen molar-refractivity contribution in [3.63, 3.8) is 0 Å². The van der Waals surface area contributed by atoms with Crippen molar-refractivity contribution >= 4 is 21.8 Å². The molecule has 1 heterocycles. The minimum atomic E-state index is -3.78. The highest BCUT2D eigenvalue weighted by atomic mass is 32.2. The second kappa shape index (κ2) is 8.38. The van der Waals surface area contributed by atoms with Gasteiger partial charge in [0.2, 0.25) is 10.0 Å². The number of sulfonamides is 1. The Morgan fingerprint density at radius 3 is 2.15 bits per heavy atom. The van der Waals surface area contributed by atoms with E-state index in [2.05, 4.69) is 0 Å². The number of hydrogen-bond donors (Lipinski definition) is 0. The summed E-state index contributed by atoms with van der Waals surface area (Å²) in [6.45, 7) is 2.57. The predicted octanol–water partition coefficient (Wildman–Crippen LogP) is 3.81. The molecule has 180 valence electrons. The zero-order chi connectivity index (χ0) is 23.4. The van der Waals surface area contributed by atoms with Crippen LogP contribution in [0.4, 0.5) is 0 Å². The van der Waals surface area contributed by atoms with Gasteiger partial charge in [-0.25, -0.2) is 13.2 Å². The molecule has 4 bridgehead atoms. The second-order valence-electron chi connectivity index (χ2n) is 10.6. The number of rotatable bonds is 7. The number of ketones is 1. The number of esters is 1. The molecule has 0 amide bonds.